The average Bonchev–Trinajstić information content (AvgIpc) is 2.38. The highest BCUT2D eigenvalue weighted by Gasteiger charge is 2.28. The van der Waals surface area contributed by atoms with Crippen LogP contribution in [0.25, 0.3) is 0 Å². The number of benzene rings is 1. The molecule has 0 atom stereocenters. The molecule has 0 heterocycles. The predicted octanol–water partition coefficient (Wildman–Crippen LogP) is 4.10. The number of alkyl halides is 3. The summed E-state index contributed by atoms with van der Waals surface area (Å²) in [4.78, 5) is 11.7. The lowest BCUT2D eigenvalue weighted by Crippen LogP contribution is -2.30. The number of hydrogen-bond acceptors (Lipinski definition) is 2. The van der Waals surface area contributed by atoms with Crippen LogP contribution in [0.1, 0.15) is 25.8 Å². The monoisotopic (exact) mass is 318 g/mol. The van der Waals surface area contributed by atoms with Crippen LogP contribution in [0.4, 0.5) is 23.7 Å². The molecule has 0 unspecified atom stereocenters. The maximum atomic E-state index is 12.2. The lowest BCUT2D eigenvalue weighted by atomic mass is 10.1. The fraction of sp³-hybridized carbons (Fsp3) is 0.533. The van der Waals surface area contributed by atoms with E-state index in [1.165, 1.54) is 12.1 Å². The van der Waals surface area contributed by atoms with Crippen molar-refractivity contribution in [3.8, 4) is 5.75 Å². The van der Waals surface area contributed by atoms with Crippen molar-refractivity contribution in [1.82, 2.24) is 5.32 Å². The molecule has 7 heteroatoms. The Balaban J connectivity index is 2.62. The second kappa shape index (κ2) is 7.91. The van der Waals surface area contributed by atoms with Crippen LogP contribution in [0, 0.1) is 12.8 Å². The molecule has 1 aromatic carbocycles. The quantitative estimate of drug-likeness (QED) is 0.829. The van der Waals surface area contributed by atoms with Gasteiger partial charge in [0.1, 0.15) is 5.75 Å². The van der Waals surface area contributed by atoms with E-state index in [1.807, 2.05) is 13.8 Å². The second-order valence-corrected chi connectivity index (χ2v) is 5.40. The molecule has 4 nitrogen and oxygen atoms in total. The summed E-state index contributed by atoms with van der Waals surface area (Å²) >= 11 is 0. The maximum absolute atomic E-state index is 12.2. The van der Waals surface area contributed by atoms with E-state index >= 15 is 0 Å². The van der Waals surface area contributed by atoms with Crippen LogP contribution >= 0.6 is 0 Å². The van der Waals surface area contributed by atoms with Crippen molar-refractivity contribution in [1.29, 1.82) is 0 Å². The summed E-state index contributed by atoms with van der Waals surface area (Å²) < 4.78 is 41.3. The van der Waals surface area contributed by atoms with Crippen molar-refractivity contribution >= 4 is 11.7 Å². The molecule has 0 spiro atoms. The lowest BCUT2D eigenvalue weighted by Gasteiger charge is -2.15. The molecule has 124 valence electrons. The highest BCUT2D eigenvalue weighted by molar-refractivity contribution is 5.90. The van der Waals surface area contributed by atoms with E-state index in [4.69, 9.17) is 4.74 Å². The fourth-order valence-electron chi connectivity index (χ4n) is 1.71. The summed E-state index contributed by atoms with van der Waals surface area (Å²) in [5.74, 6) is 0.568. The van der Waals surface area contributed by atoms with E-state index in [1.54, 1.807) is 13.0 Å². The third-order valence-electron chi connectivity index (χ3n) is 2.93. The van der Waals surface area contributed by atoms with Gasteiger partial charge in [0.2, 0.25) is 0 Å². The molecule has 2 amide bonds. The van der Waals surface area contributed by atoms with Gasteiger partial charge >= 0.3 is 12.2 Å². The number of rotatable bonds is 6. The number of hydrogen-bond donors (Lipinski definition) is 2. The molecular formula is C15H21F3N2O2. The lowest BCUT2D eigenvalue weighted by molar-refractivity contribution is -0.153. The van der Waals surface area contributed by atoms with Gasteiger partial charge in [0.25, 0.3) is 0 Å². The summed E-state index contributed by atoms with van der Waals surface area (Å²) in [5, 5.41) is 5.30. The summed E-state index contributed by atoms with van der Waals surface area (Å²) in [6, 6.07) is 4.18. The molecule has 1 rings (SSSR count). The van der Waals surface area contributed by atoms with Gasteiger partial charge in [0.15, 0.2) is 6.61 Å². The molecule has 0 radical (unpaired) electrons. The van der Waals surface area contributed by atoms with Crippen LogP contribution in [0.2, 0.25) is 0 Å². The molecule has 0 aliphatic heterocycles. The minimum atomic E-state index is -4.40. The Kier molecular flexibility index (Phi) is 6.52. The normalized spacial score (nSPS) is 11.4. The van der Waals surface area contributed by atoms with Crippen molar-refractivity contribution in [2.45, 2.75) is 33.4 Å². The molecule has 0 fully saturated rings. The van der Waals surface area contributed by atoms with Gasteiger partial charge in [0, 0.05) is 17.8 Å². The number of ether oxygens (including phenoxy) is 1. The van der Waals surface area contributed by atoms with E-state index < -0.39 is 18.8 Å². The van der Waals surface area contributed by atoms with E-state index in [0.29, 0.717) is 23.7 Å². The van der Waals surface area contributed by atoms with Gasteiger partial charge in [-0.2, -0.15) is 13.2 Å². The van der Waals surface area contributed by atoms with Crippen molar-refractivity contribution in [2.75, 3.05) is 18.5 Å². The Morgan fingerprint density at radius 2 is 2.00 bits per heavy atom. The number of nitrogens with one attached hydrogen (secondary N) is 2. The Morgan fingerprint density at radius 3 is 2.59 bits per heavy atom. The first kappa shape index (κ1) is 18.1. The molecule has 0 saturated carbocycles. The molecule has 0 aromatic heterocycles. The van der Waals surface area contributed by atoms with Gasteiger partial charge in [-0.25, -0.2) is 4.79 Å². The minimum Gasteiger partial charge on any atom is -0.484 e. The number of halogens is 3. The van der Waals surface area contributed by atoms with Gasteiger partial charge in [-0.1, -0.05) is 19.9 Å². The van der Waals surface area contributed by atoms with E-state index in [9.17, 15) is 18.0 Å². The van der Waals surface area contributed by atoms with Crippen molar-refractivity contribution < 1.29 is 22.7 Å². The second-order valence-electron chi connectivity index (χ2n) is 5.40. The van der Waals surface area contributed by atoms with Gasteiger partial charge in [-0.15, -0.1) is 0 Å². The maximum Gasteiger partial charge on any atom is 0.422 e. The van der Waals surface area contributed by atoms with Gasteiger partial charge in [-0.05, 0) is 31.4 Å². The smallest absolute Gasteiger partial charge is 0.422 e. The summed E-state index contributed by atoms with van der Waals surface area (Å²) in [6.07, 6.45) is -3.55. The number of anilines is 1. The fourth-order valence-corrected chi connectivity index (χ4v) is 1.71. The van der Waals surface area contributed by atoms with Crippen LogP contribution in [-0.4, -0.2) is 25.4 Å². The Bertz CT molecular complexity index is 502. The first-order chi connectivity index (χ1) is 10.2. The first-order valence-corrected chi connectivity index (χ1v) is 7.03. The van der Waals surface area contributed by atoms with Gasteiger partial charge in [0.05, 0.1) is 0 Å². The molecule has 2 N–H and O–H groups in total. The largest absolute Gasteiger partial charge is 0.484 e. The first-order valence-electron chi connectivity index (χ1n) is 7.03. The van der Waals surface area contributed by atoms with Gasteiger partial charge < -0.3 is 15.4 Å². The number of carbonyl (C=O) groups excluding carboxylic acids is 1. The van der Waals surface area contributed by atoms with Crippen molar-refractivity contribution in [2.24, 2.45) is 5.92 Å². The molecule has 1 aromatic rings. The molecule has 0 bridgehead atoms. The van der Waals surface area contributed by atoms with Crippen LogP contribution < -0.4 is 15.4 Å². The van der Waals surface area contributed by atoms with Crippen LogP contribution in [0.3, 0.4) is 0 Å². The number of carbonyl (C=O) groups is 1. The van der Waals surface area contributed by atoms with E-state index in [-0.39, 0.29) is 5.75 Å². The van der Waals surface area contributed by atoms with Crippen LogP contribution in [-0.2, 0) is 0 Å². The summed E-state index contributed by atoms with van der Waals surface area (Å²) in [5.41, 5.74) is 0.868. The highest BCUT2D eigenvalue weighted by atomic mass is 19.4. The topological polar surface area (TPSA) is 50.4 Å². The van der Waals surface area contributed by atoms with Crippen molar-refractivity contribution in [3.05, 3.63) is 23.8 Å². The average molecular weight is 318 g/mol. The molecule has 0 saturated heterocycles. The zero-order valence-corrected chi connectivity index (χ0v) is 12.9. The zero-order valence-electron chi connectivity index (χ0n) is 12.9. The van der Waals surface area contributed by atoms with Crippen LogP contribution in [0.15, 0.2) is 18.2 Å². The summed E-state index contributed by atoms with van der Waals surface area (Å²) in [7, 11) is 0. The predicted molar refractivity (Wildman–Crippen MR) is 79.2 cm³/mol. The van der Waals surface area contributed by atoms with E-state index in [0.717, 1.165) is 6.42 Å². The van der Waals surface area contributed by atoms with Crippen molar-refractivity contribution in [3.63, 3.8) is 0 Å². The third-order valence-corrected chi connectivity index (χ3v) is 2.93. The zero-order chi connectivity index (χ0) is 16.8. The van der Waals surface area contributed by atoms with Crippen LogP contribution in [0.5, 0.6) is 5.75 Å². The SMILES string of the molecule is Cc1c(NC(=O)NCCC(C)C)cccc1OCC(F)(F)F. The third kappa shape index (κ3) is 6.69. The molecular weight excluding hydrogens is 297 g/mol. The Labute approximate surface area is 128 Å². The number of urea groups is 1. The van der Waals surface area contributed by atoms with E-state index in [2.05, 4.69) is 10.6 Å². The molecule has 0 aliphatic carbocycles. The highest BCUT2D eigenvalue weighted by Crippen LogP contribution is 2.27. The molecule has 22 heavy (non-hydrogen) atoms. The summed E-state index contributed by atoms with van der Waals surface area (Å²) in [6.45, 7) is 4.86. The Morgan fingerprint density at radius 1 is 1.32 bits per heavy atom. The number of amides is 2. The standard InChI is InChI=1S/C15H21F3N2O2/c1-10(2)7-8-19-14(21)20-12-5-4-6-13(11(12)3)22-9-15(16,17)18/h4-6,10H,7-9H2,1-3H3,(H2,19,20,21). The minimum absolute atomic E-state index is 0.0947. The Hall–Kier alpha value is -1.92. The van der Waals surface area contributed by atoms with Gasteiger partial charge in [-0.3, -0.25) is 0 Å². The molecule has 0 aliphatic rings.